The summed E-state index contributed by atoms with van der Waals surface area (Å²) in [6.07, 6.45) is 6.82. The highest BCUT2D eigenvalue weighted by atomic mass is 16.4. The number of hydrogen-bond acceptors (Lipinski definition) is 3. The molecule has 24 heavy (non-hydrogen) atoms. The number of aliphatic hydroxyl groups is 1. The molecule has 0 radical (unpaired) electrons. The molecule has 4 fully saturated rings. The molecule has 4 bridgehead atoms. The third kappa shape index (κ3) is 2.86. The molecule has 1 aromatic rings. The van der Waals surface area contributed by atoms with Crippen molar-refractivity contribution in [3.8, 4) is 0 Å². The molecular weight excluding hydrogens is 302 g/mol. The maximum absolute atomic E-state index is 11.4. The molecule has 1 unspecified atom stereocenters. The number of aliphatic carboxylic acids is 1. The van der Waals surface area contributed by atoms with Gasteiger partial charge in [-0.15, -0.1) is 0 Å². The number of rotatable bonds is 6. The monoisotopic (exact) mass is 329 g/mol. The second-order valence-corrected chi connectivity index (χ2v) is 8.39. The number of carboxylic acids is 1. The van der Waals surface area contributed by atoms with E-state index in [-0.39, 0.29) is 18.0 Å². The van der Waals surface area contributed by atoms with Crippen LogP contribution < -0.4 is 5.32 Å². The van der Waals surface area contributed by atoms with Gasteiger partial charge in [0.2, 0.25) is 0 Å². The van der Waals surface area contributed by atoms with E-state index in [0.29, 0.717) is 0 Å². The van der Waals surface area contributed by atoms with E-state index in [9.17, 15) is 9.90 Å². The van der Waals surface area contributed by atoms with Gasteiger partial charge in [-0.05, 0) is 67.3 Å². The summed E-state index contributed by atoms with van der Waals surface area (Å²) in [7, 11) is 0. The van der Waals surface area contributed by atoms with Crippen molar-refractivity contribution in [2.24, 2.45) is 23.2 Å². The van der Waals surface area contributed by atoms with Crippen LogP contribution >= 0.6 is 0 Å². The summed E-state index contributed by atoms with van der Waals surface area (Å²) in [5.41, 5.74) is 0.961. The Labute approximate surface area is 143 Å². The topological polar surface area (TPSA) is 69.6 Å². The molecule has 4 saturated carbocycles. The van der Waals surface area contributed by atoms with Crippen LogP contribution in [0.2, 0.25) is 0 Å². The highest BCUT2D eigenvalue weighted by Crippen LogP contribution is 2.62. The van der Waals surface area contributed by atoms with Gasteiger partial charge < -0.3 is 10.2 Å². The van der Waals surface area contributed by atoms with E-state index in [1.165, 1.54) is 19.3 Å². The van der Waals surface area contributed by atoms with Gasteiger partial charge in [0.15, 0.2) is 0 Å². The lowest BCUT2D eigenvalue weighted by Crippen LogP contribution is -2.55. The fraction of sp³-hybridized carbons (Fsp3) is 0.650. The van der Waals surface area contributed by atoms with E-state index in [0.717, 1.165) is 42.6 Å². The first-order valence-corrected chi connectivity index (χ1v) is 9.24. The number of hydrogen-bond donors (Lipinski definition) is 3. The minimum Gasteiger partial charge on any atom is -0.480 e. The predicted molar refractivity (Wildman–Crippen MR) is 91.4 cm³/mol. The van der Waals surface area contributed by atoms with Crippen molar-refractivity contribution in [2.45, 2.75) is 50.7 Å². The molecule has 4 heteroatoms. The molecule has 0 amide bonds. The van der Waals surface area contributed by atoms with Gasteiger partial charge in [0, 0.05) is 0 Å². The molecule has 0 heterocycles. The van der Waals surface area contributed by atoms with Crippen molar-refractivity contribution in [1.82, 2.24) is 5.32 Å². The van der Waals surface area contributed by atoms with Crippen LogP contribution in [0.25, 0.3) is 0 Å². The van der Waals surface area contributed by atoms with Crippen molar-refractivity contribution in [3.63, 3.8) is 0 Å². The van der Waals surface area contributed by atoms with Gasteiger partial charge in [0.1, 0.15) is 0 Å². The molecule has 4 nitrogen and oxygen atoms in total. The lowest BCUT2D eigenvalue weighted by atomic mass is 9.47. The van der Waals surface area contributed by atoms with Crippen LogP contribution in [-0.4, -0.2) is 28.8 Å². The largest absolute Gasteiger partial charge is 0.480 e. The molecule has 4 aliphatic carbocycles. The lowest BCUT2D eigenvalue weighted by molar-refractivity contribution is -0.139. The zero-order valence-corrected chi connectivity index (χ0v) is 14.0. The fourth-order valence-electron chi connectivity index (χ4n) is 6.16. The average molecular weight is 329 g/mol. The first-order valence-electron chi connectivity index (χ1n) is 9.24. The van der Waals surface area contributed by atoms with E-state index in [4.69, 9.17) is 5.11 Å². The van der Waals surface area contributed by atoms with Crippen LogP contribution in [0, 0.1) is 23.2 Å². The Kier molecular flexibility index (Phi) is 4.13. The molecule has 130 valence electrons. The highest BCUT2D eigenvalue weighted by molar-refractivity contribution is 5.69. The summed E-state index contributed by atoms with van der Waals surface area (Å²) in [4.78, 5) is 11.1. The molecule has 0 aromatic heterocycles. The molecular formula is C20H27NO3. The first kappa shape index (κ1) is 16.1. The minimum atomic E-state index is -0.881. The molecule has 0 saturated heterocycles. The standard InChI is InChI=1S/C20H27NO3/c22-17(23)12-21-18(16-4-2-1-3-5-16)19(24)20-9-13-6-14(10-20)8-15(7-13)11-20/h1-5,13-15,18-19,21,24H,6-12H2,(H,22,23)/t13?,14?,15?,18?,19-,20?/m1/s1. The van der Waals surface area contributed by atoms with Crippen LogP contribution in [0.3, 0.4) is 0 Å². The van der Waals surface area contributed by atoms with Gasteiger partial charge in [-0.2, -0.15) is 0 Å². The summed E-state index contributed by atoms with van der Waals surface area (Å²) in [6, 6.07) is 9.54. The molecule has 0 spiro atoms. The summed E-state index contributed by atoms with van der Waals surface area (Å²) < 4.78 is 0. The second kappa shape index (κ2) is 6.16. The summed E-state index contributed by atoms with van der Waals surface area (Å²) in [6.45, 7) is -0.122. The van der Waals surface area contributed by atoms with Crippen molar-refractivity contribution in [1.29, 1.82) is 0 Å². The SMILES string of the molecule is O=C(O)CNC(c1ccccc1)[C@@H](O)C12CC3CC(CC(C3)C1)C2. The van der Waals surface area contributed by atoms with Crippen molar-refractivity contribution in [3.05, 3.63) is 35.9 Å². The second-order valence-electron chi connectivity index (χ2n) is 8.39. The van der Waals surface area contributed by atoms with E-state index in [2.05, 4.69) is 5.32 Å². The summed E-state index contributed by atoms with van der Waals surface area (Å²) >= 11 is 0. The van der Waals surface area contributed by atoms with Crippen LogP contribution in [-0.2, 0) is 4.79 Å². The van der Waals surface area contributed by atoms with Crippen molar-refractivity contribution in [2.75, 3.05) is 6.54 Å². The molecule has 2 atom stereocenters. The molecule has 0 aliphatic heterocycles. The van der Waals surface area contributed by atoms with Crippen LogP contribution in [0.4, 0.5) is 0 Å². The number of carbonyl (C=O) groups is 1. The quantitative estimate of drug-likeness (QED) is 0.750. The molecule has 4 aliphatic rings. The van der Waals surface area contributed by atoms with E-state index < -0.39 is 12.1 Å². The molecule has 3 N–H and O–H groups in total. The molecule has 5 rings (SSSR count). The number of nitrogens with one attached hydrogen (secondary N) is 1. The maximum Gasteiger partial charge on any atom is 0.317 e. The van der Waals surface area contributed by atoms with Gasteiger partial charge in [-0.25, -0.2) is 0 Å². The minimum absolute atomic E-state index is 0.0270. The highest BCUT2D eigenvalue weighted by Gasteiger charge is 2.55. The summed E-state index contributed by atoms with van der Waals surface area (Å²) in [5.74, 6) is 1.42. The number of aliphatic hydroxyl groups excluding tert-OH is 1. The van der Waals surface area contributed by atoms with Gasteiger partial charge in [0.25, 0.3) is 0 Å². The van der Waals surface area contributed by atoms with Crippen LogP contribution in [0.5, 0.6) is 0 Å². The van der Waals surface area contributed by atoms with Crippen LogP contribution in [0.15, 0.2) is 30.3 Å². The normalized spacial score (nSPS) is 36.5. The third-order valence-electron chi connectivity index (χ3n) is 6.66. The Hall–Kier alpha value is -1.39. The zero-order valence-electron chi connectivity index (χ0n) is 14.0. The summed E-state index contributed by atoms with van der Waals surface area (Å²) in [5, 5.41) is 23.6. The zero-order chi connectivity index (χ0) is 16.7. The van der Waals surface area contributed by atoms with E-state index in [1.807, 2.05) is 30.3 Å². The lowest BCUT2D eigenvalue weighted by Gasteiger charge is -2.59. The van der Waals surface area contributed by atoms with E-state index in [1.54, 1.807) is 0 Å². The van der Waals surface area contributed by atoms with E-state index >= 15 is 0 Å². The average Bonchev–Trinajstić information content (AvgIpc) is 2.54. The van der Waals surface area contributed by atoms with Gasteiger partial charge in [0.05, 0.1) is 18.7 Å². The van der Waals surface area contributed by atoms with Gasteiger partial charge >= 0.3 is 5.97 Å². The van der Waals surface area contributed by atoms with Gasteiger partial charge in [-0.3, -0.25) is 10.1 Å². The fourth-order valence-corrected chi connectivity index (χ4v) is 6.16. The van der Waals surface area contributed by atoms with Crippen molar-refractivity contribution >= 4 is 5.97 Å². The maximum atomic E-state index is 11.4. The van der Waals surface area contributed by atoms with Gasteiger partial charge in [-0.1, -0.05) is 30.3 Å². The Morgan fingerprint density at radius 2 is 1.62 bits per heavy atom. The first-order chi connectivity index (χ1) is 11.6. The Morgan fingerprint density at radius 1 is 1.08 bits per heavy atom. The Morgan fingerprint density at radius 3 is 2.12 bits per heavy atom. The number of carboxylic acid groups (broad SMARTS) is 1. The smallest absolute Gasteiger partial charge is 0.317 e. The predicted octanol–water partition coefficient (Wildman–Crippen LogP) is 2.98. The number of benzene rings is 1. The van der Waals surface area contributed by atoms with Crippen LogP contribution in [0.1, 0.15) is 50.1 Å². The van der Waals surface area contributed by atoms with Crippen molar-refractivity contribution < 1.29 is 15.0 Å². The third-order valence-corrected chi connectivity index (χ3v) is 6.66. The Bertz CT molecular complexity index is 565. The molecule has 1 aromatic carbocycles. The Balaban J connectivity index is 1.61.